The molecule has 0 bridgehead atoms. The lowest BCUT2D eigenvalue weighted by molar-refractivity contribution is -0.113. The number of aromatic nitrogens is 2. The third kappa shape index (κ3) is 5.05. The highest BCUT2D eigenvalue weighted by Crippen LogP contribution is 2.18. The van der Waals surface area contributed by atoms with Crippen LogP contribution in [0.1, 0.15) is 12.5 Å². The number of rotatable bonds is 6. The Hall–Kier alpha value is -2.37. The number of amides is 1. The third-order valence-electron chi connectivity index (χ3n) is 3.13. The maximum absolute atomic E-state index is 11.9. The molecule has 0 saturated heterocycles. The van der Waals surface area contributed by atoms with Crippen LogP contribution in [-0.2, 0) is 21.2 Å². The van der Waals surface area contributed by atoms with E-state index in [-0.39, 0.29) is 27.2 Å². The summed E-state index contributed by atoms with van der Waals surface area (Å²) in [5.41, 5.74) is 0.129. The Morgan fingerprint density at radius 1 is 1.36 bits per heavy atom. The van der Waals surface area contributed by atoms with E-state index in [0.29, 0.717) is 12.1 Å². The first-order valence-corrected chi connectivity index (χ1v) is 9.61. The van der Waals surface area contributed by atoms with Gasteiger partial charge in [0, 0.05) is 5.69 Å². The van der Waals surface area contributed by atoms with Crippen LogP contribution in [0.2, 0.25) is 0 Å². The summed E-state index contributed by atoms with van der Waals surface area (Å²) in [5, 5.41) is 17.3. The Kier molecular flexibility index (Phi) is 5.82. The zero-order chi connectivity index (χ0) is 18.6. The maximum Gasteiger partial charge on any atom is 0.258 e. The highest BCUT2D eigenvalue weighted by Gasteiger charge is 2.12. The lowest BCUT2D eigenvalue weighted by Crippen LogP contribution is -2.17. The molecule has 2 aromatic rings. The largest absolute Gasteiger partial charge is 0.493 e. The molecule has 134 valence electrons. The molecular weight excluding hydrogens is 368 g/mol. The number of thioether (sulfide) groups is 1. The summed E-state index contributed by atoms with van der Waals surface area (Å²) in [7, 11) is -3.79. The molecule has 9 nitrogen and oxygen atoms in total. The van der Waals surface area contributed by atoms with Crippen molar-refractivity contribution in [1.29, 1.82) is 0 Å². The van der Waals surface area contributed by atoms with Crippen LogP contribution in [-0.4, -0.2) is 35.2 Å². The smallest absolute Gasteiger partial charge is 0.258 e. The summed E-state index contributed by atoms with van der Waals surface area (Å²) in [6.45, 7) is 1.72. The zero-order valence-corrected chi connectivity index (χ0v) is 14.8. The lowest BCUT2D eigenvalue weighted by atomic mass is 10.2. The van der Waals surface area contributed by atoms with E-state index in [9.17, 15) is 23.1 Å². The van der Waals surface area contributed by atoms with Crippen LogP contribution in [0.4, 0.5) is 5.69 Å². The summed E-state index contributed by atoms with van der Waals surface area (Å²) in [6.07, 6.45) is 0.341. The monoisotopic (exact) mass is 384 g/mol. The number of aromatic hydroxyl groups is 1. The van der Waals surface area contributed by atoms with Gasteiger partial charge in [0.15, 0.2) is 5.16 Å². The predicted molar refractivity (Wildman–Crippen MR) is 93.1 cm³/mol. The van der Waals surface area contributed by atoms with Crippen molar-refractivity contribution in [2.24, 2.45) is 5.14 Å². The number of nitrogens with zero attached hydrogens (tertiary/aromatic N) is 1. The molecule has 0 aliphatic rings. The quantitative estimate of drug-likeness (QED) is 0.415. The van der Waals surface area contributed by atoms with Crippen LogP contribution in [0.5, 0.6) is 5.88 Å². The Morgan fingerprint density at radius 2 is 2.00 bits per heavy atom. The second-order valence-corrected chi connectivity index (χ2v) is 7.46. The predicted octanol–water partition coefficient (Wildman–Crippen LogP) is 0.416. The summed E-state index contributed by atoms with van der Waals surface area (Å²) < 4.78 is 22.3. The van der Waals surface area contributed by atoms with E-state index in [0.717, 1.165) is 11.8 Å². The third-order valence-corrected chi connectivity index (χ3v) is 4.93. The number of carbonyl (C=O) groups excluding carboxylic acids is 1. The minimum atomic E-state index is -3.79. The van der Waals surface area contributed by atoms with Crippen LogP contribution in [0, 0.1) is 0 Å². The fourth-order valence-electron chi connectivity index (χ4n) is 1.91. The van der Waals surface area contributed by atoms with Gasteiger partial charge in [0.2, 0.25) is 21.8 Å². The van der Waals surface area contributed by atoms with Gasteiger partial charge in [-0.3, -0.25) is 9.59 Å². The average molecular weight is 384 g/mol. The topological polar surface area (TPSA) is 155 Å². The van der Waals surface area contributed by atoms with Gasteiger partial charge in [-0.05, 0) is 30.7 Å². The number of carbonyl (C=O) groups is 1. The number of hydrogen-bond donors (Lipinski definition) is 4. The highest BCUT2D eigenvalue weighted by molar-refractivity contribution is 7.99. The molecule has 0 unspecified atom stereocenters. The van der Waals surface area contributed by atoms with Crippen LogP contribution >= 0.6 is 11.8 Å². The minimum absolute atomic E-state index is 0.0619. The molecule has 0 atom stereocenters. The second-order valence-electron chi connectivity index (χ2n) is 4.93. The number of anilines is 1. The van der Waals surface area contributed by atoms with E-state index in [4.69, 9.17) is 5.14 Å². The molecule has 11 heteroatoms. The molecule has 25 heavy (non-hydrogen) atoms. The number of H-pyrrole nitrogens is 1. The zero-order valence-electron chi connectivity index (χ0n) is 13.1. The number of primary sulfonamides is 1. The van der Waals surface area contributed by atoms with Gasteiger partial charge in [-0.1, -0.05) is 18.7 Å². The summed E-state index contributed by atoms with van der Waals surface area (Å²) in [5.74, 6) is -0.812. The van der Waals surface area contributed by atoms with Crippen LogP contribution < -0.4 is 16.0 Å². The Morgan fingerprint density at radius 3 is 2.52 bits per heavy atom. The maximum atomic E-state index is 11.9. The molecule has 0 spiro atoms. The number of sulfonamides is 1. The number of aromatic amines is 1. The Balaban J connectivity index is 1.98. The summed E-state index contributed by atoms with van der Waals surface area (Å²) in [4.78, 5) is 29.9. The van der Waals surface area contributed by atoms with Crippen molar-refractivity contribution in [1.82, 2.24) is 9.97 Å². The summed E-state index contributed by atoms with van der Waals surface area (Å²) >= 11 is 0.948. The van der Waals surface area contributed by atoms with Gasteiger partial charge in [-0.15, -0.1) is 0 Å². The number of nitrogens with two attached hydrogens (primary N) is 1. The van der Waals surface area contributed by atoms with Crippen molar-refractivity contribution in [3.8, 4) is 5.88 Å². The van der Waals surface area contributed by atoms with Crippen molar-refractivity contribution >= 4 is 33.4 Å². The molecule has 1 amide bonds. The SMILES string of the molecule is CCc1c(O)nc(SCC(=O)Nc2ccc(S(N)(=O)=O)cc2)[nH]c1=O. The molecule has 0 aliphatic carbocycles. The fraction of sp³-hybridized carbons (Fsp3) is 0.214. The lowest BCUT2D eigenvalue weighted by Gasteiger charge is -2.06. The van der Waals surface area contributed by atoms with Crippen LogP contribution in [0.3, 0.4) is 0 Å². The molecule has 0 saturated carbocycles. The van der Waals surface area contributed by atoms with Crippen molar-refractivity contribution in [3.05, 3.63) is 40.2 Å². The summed E-state index contributed by atoms with van der Waals surface area (Å²) in [6, 6.07) is 5.37. The molecule has 0 fully saturated rings. The molecule has 5 N–H and O–H groups in total. The minimum Gasteiger partial charge on any atom is -0.493 e. The number of hydrogen-bond acceptors (Lipinski definition) is 7. The van der Waals surface area contributed by atoms with E-state index in [1.165, 1.54) is 24.3 Å². The van der Waals surface area contributed by atoms with Gasteiger partial charge in [-0.2, -0.15) is 4.98 Å². The number of benzene rings is 1. The normalized spacial score (nSPS) is 11.3. The molecule has 2 rings (SSSR count). The van der Waals surface area contributed by atoms with Gasteiger partial charge in [0.1, 0.15) is 0 Å². The van der Waals surface area contributed by atoms with Gasteiger partial charge >= 0.3 is 0 Å². The van der Waals surface area contributed by atoms with Crippen LogP contribution in [0.25, 0.3) is 0 Å². The van der Waals surface area contributed by atoms with Crippen molar-refractivity contribution in [2.45, 2.75) is 23.4 Å². The highest BCUT2D eigenvalue weighted by atomic mass is 32.2. The first-order valence-electron chi connectivity index (χ1n) is 7.08. The standard InChI is InChI=1S/C14H16N4O5S2/c1-2-10-12(20)17-14(18-13(10)21)24-7-11(19)16-8-3-5-9(6-4-8)25(15,22)23/h3-6H,2,7H2,1H3,(H,16,19)(H2,15,22,23)(H2,17,18,20,21). The van der Waals surface area contributed by atoms with Crippen molar-refractivity contribution < 1.29 is 18.3 Å². The first-order chi connectivity index (χ1) is 11.7. The van der Waals surface area contributed by atoms with Crippen molar-refractivity contribution in [2.75, 3.05) is 11.1 Å². The van der Waals surface area contributed by atoms with Gasteiger partial charge in [0.05, 0.1) is 16.2 Å². The van der Waals surface area contributed by atoms with E-state index >= 15 is 0 Å². The van der Waals surface area contributed by atoms with E-state index in [2.05, 4.69) is 15.3 Å². The van der Waals surface area contributed by atoms with Gasteiger partial charge in [0.25, 0.3) is 5.56 Å². The molecule has 1 heterocycles. The molecular formula is C14H16N4O5S2. The van der Waals surface area contributed by atoms with E-state index in [1.807, 2.05) is 0 Å². The molecule has 1 aromatic heterocycles. The van der Waals surface area contributed by atoms with E-state index in [1.54, 1.807) is 6.92 Å². The average Bonchev–Trinajstić information content (AvgIpc) is 2.52. The van der Waals surface area contributed by atoms with E-state index < -0.39 is 21.5 Å². The van der Waals surface area contributed by atoms with Gasteiger partial charge < -0.3 is 15.4 Å². The Labute approximate surface area is 147 Å². The Bertz CT molecular complexity index is 939. The molecule has 0 radical (unpaired) electrons. The number of nitrogens with one attached hydrogen (secondary N) is 2. The van der Waals surface area contributed by atoms with Crippen molar-refractivity contribution in [3.63, 3.8) is 0 Å². The van der Waals surface area contributed by atoms with Crippen LogP contribution in [0.15, 0.2) is 39.1 Å². The second kappa shape index (κ2) is 7.68. The molecule has 0 aliphatic heterocycles. The van der Waals surface area contributed by atoms with Gasteiger partial charge in [-0.25, -0.2) is 13.6 Å². The fourth-order valence-corrected chi connectivity index (χ4v) is 3.08. The first kappa shape index (κ1) is 19.0. The molecule has 1 aromatic carbocycles.